The van der Waals surface area contributed by atoms with E-state index in [1.807, 2.05) is 18.5 Å². The molecule has 0 saturated carbocycles. The second-order valence-corrected chi connectivity index (χ2v) is 7.19. The Morgan fingerprint density at radius 2 is 1.88 bits per heavy atom. The Kier molecular flexibility index (Phi) is 3.30. The Bertz CT molecular complexity index is 1080. The van der Waals surface area contributed by atoms with E-state index < -0.39 is 0 Å². The molecule has 0 bridgehead atoms. The smallest absolute Gasteiger partial charge is 0.0759 e. The van der Waals surface area contributed by atoms with Crippen molar-refractivity contribution in [3.8, 4) is 11.3 Å². The average molecular weight is 324 g/mol. The van der Waals surface area contributed by atoms with E-state index >= 15 is 0 Å². The summed E-state index contributed by atoms with van der Waals surface area (Å²) in [4.78, 5) is 9.41. The van der Waals surface area contributed by atoms with Gasteiger partial charge in [-0.05, 0) is 65.3 Å². The summed E-state index contributed by atoms with van der Waals surface area (Å²) in [7, 11) is 0. The van der Waals surface area contributed by atoms with Crippen LogP contribution in [0.4, 0.5) is 0 Å². The Hall–Kier alpha value is -2.74. The van der Waals surface area contributed by atoms with E-state index in [1.165, 1.54) is 33.7 Å². The molecule has 0 unspecified atom stereocenters. The van der Waals surface area contributed by atoms with Crippen molar-refractivity contribution in [2.45, 2.75) is 26.2 Å². The normalized spacial score (nSPS) is 16.9. The van der Waals surface area contributed by atoms with Gasteiger partial charge in [-0.25, -0.2) is 4.98 Å². The van der Waals surface area contributed by atoms with Gasteiger partial charge >= 0.3 is 0 Å². The second-order valence-electron chi connectivity index (χ2n) is 7.19. The number of aromatic nitrogens is 2. The van der Waals surface area contributed by atoms with E-state index in [4.69, 9.17) is 4.98 Å². The van der Waals surface area contributed by atoms with Crippen LogP contribution in [0.1, 0.15) is 24.5 Å². The van der Waals surface area contributed by atoms with Gasteiger partial charge in [0, 0.05) is 23.3 Å². The first kappa shape index (κ1) is 14.6. The zero-order valence-electron chi connectivity index (χ0n) is 14.4. The summed E-state index contributed by atoms with van der Waals surface area (Å²) in [6.07, 6.45) is 7.24. The molecule has 0 aliphatic heterocycles. The van der Waals surface area contributed by atoms with Crippen LogP contribution in [0.25, 0.3) is 32.9 Å². The molecule has 0 spiro atoms. The SMILES string of the molecule is C[C@H]1CCc2c(-c3cccnc3)nc3ccc4ccccc4c3c2C1. The van der Waals surface area contributed by atoms with E-state index in [9.17, 15) is 0 Å². The standard InChI is InChI=1S/C23H20N2/c1-15-8-10-19-20(13-15)22-18-7-3-2-5-16(18)9-11-21(22)25-23(19)17-6-4-12-24-14-17/h2-7,9,11-12,14-15H,8,10,13H2,1H3/t15-/m0/s1. The van der Waals surface area contributed by atoms with Gasteiger partial charge in [-0.3, -0.25) is 4.98 Å². The van der Waals surface area contributed by atoms with Gasteiger partial charge in [0.15, 0.2) is 0 Å². The monoisotopic (exact) mass is 324 g/mol. The molecule has 2 nitrogen and oxygen atoms in total. The summed E-state index contributed by atoms with van der Waals surface area (Å²) in [6.45, 7) is 2.37. The first-order valence-electron chi connectivity index (χ1n) is 9.05. The fourth-order valence-electron chi connectivity index (χ4n) is 4.23. The van der Waals surface area contributed by atoms with Crippen LogP contribution < -0.4 is 0 Å². The van der Waals surface area contributed by atoms with Gasteiger partial charge in [0.2, 0.25) is 0 Å². The maximum absolute atomic E-state index is 5.09. The number of benzene rings is 2. The highest BCUT2D eigenvalue weighted by Gasteiger charge is 2.23. The molecular formula is C23H20N2. The summed E-state index contributed by atoms with van der Waals surface area (Å²) in [5.41, 5.74) is 6.28. The zero-order chi connectivity index (χ0) is 16.8. The topological polar surface area (TPSA) is 25.8 Å². The summed E-state index contributed by atoms with van der Waals surface area (Å²) in [5, 5.41) is 3.98. The van der Waals surface area contributed by atoms with Crippen molar-refractivity contribution in [1.82, 2.24) is 9.97 Å². The molecule has 0 saturated heterocycles. The van der Waals surface area contributed by atoms with Gasteiger partial charge in [-0.15, -0.1) is 0 Å². The minimum atomic E-state index is 0.721. The molecule has 2 aromatic heterocycles. The molecule has 1 aliphatic rings. The molecule has 4 aromatic rings. The predicted octanol–water partition coefficient (Wildman–Crippen LogP) is 5.57. The first-order chi connectivity index (χ1) is 12.3. The number of hydrogen-bond acceptors (Lipinski definition) is 2. The van der Waals surface area contributed by atoms with Crippen LogP contribution in [0.2, 0.25) is 0 Å². The molecule has 0 amide bonds. The lowest BCUT2D eigenvalue weighted by Gasteiger charge is -2.26. The molecule has 0 N–H and O–H groups in total. The predicted molar refractivity (Wildman–Crippen MR) is 104 cm³/mol. The van der Waals surface area contributed by atoms with Gasteiger partial charge in [-0.2, -0.15) is 0 Å². The van der Waals surface area contributed by atoms with Gasteiger partial charge < -0.3 is 0 Å². The zero-order valence-corrected chi connectivity index (χ0v) is 14.4. The average Bonchev–Trinajstić information content (AvgIpc) is 2.67. The molecule has 0 fully saturated rings. The molecule has 2 aromatic carbocycles. The lowest BCUT2D eigenvalue weighted by Crippen LogP contribution is -2.14. The van der Waals surface area contributed by atoms with Crippen molar-refractivity contribution in [2.24, 2.45) is 5.92 Å². The van der Waals surface area contributed by atoms with E-state index in [0.717, 1.165) is 35.5 Å². The molecular weight excluding hydrogens is 304 g/mol. The van der Waals surface area contributed by atoms with Crippen LogP contribution in [0.15, 0.2) is 60.9 Å². The van der Waals surface area contributed by atoms with Crippen LogP contribution in [0, 0.1) is 5.92 Å². The minimum absolute atomic E-state index is 0.721. The summed E-state index contributed by atoms with van der Waals surface area (Å²) >= 11 is 0. The fraction of sp³-hybridized carbons (Fsp3) is 0.217. The molecule has 2 heteroatoms. The number of rotatable bonds is 1. The summed E-state index contributed by atoms with van der Waals surface area (Å²) in [6, 6.07) is 17.2. The van der Waals surface area contributed by atoms with Gasteiger partial charge in [0.05, 0.1) is 11.2 Å². The second kappa shape index (κ2) is 5.66. The quantitative estimate of drug-likeness (QED) is 0.427. The first-order valence-corrected chi connectivity index (χ1v) is 9.05. The largest absolute Gasteiger partial charge is 0.264 e. The molecule has 122 valence electrons. The van der Waals surface area contributed by atoms with Gasteiger partial charge in [-0.1, -0.05) is 37.3 Å². The van der Waals surface area contributed by atoms with E-state index in [1.54, 1.807) is 0 Å². The third-order valence-corrected chi connectivity index (χ3v) is 5.47. The van der Waals surface area contributed by atoms with Crippen LogP contribution in [0.3, 0.4) is 0 Å². The number of pyridine rings is 2. The van der Waals surface area contributed by atoms with Crippen molar-refractivity contribution < 1.29 is 0 Å². The molecule has 2 heterocycles. The van der Waals surface area contributed by atoms with Crippen LogP contribution >= 0.6 is 0 Å². The van der Waals surface area contributed by atoms with Crippen LogP contribution in [-0.4, -0.2) is 9.97 Å². The van der Waals surface area contributed by atoms with Crippen LogP contribution in [0.5, 0.6) is 0 Å². The van der Waals surface area contributed by atoms with E-state index in [-0.39, 0.29) is 0 Å². The Morgan fingerprint density at radius 1 is 0.960 bits per heavy atom. The Balaban J connectivity index is 1.91. The molecule has 0 radical (unpaired) electrons. The fourth-order valence-corrected chi connectivity index (χ4v) is 4.23. The minimum Gasteiger partial charge on any atom is -0.264 e. The summed E-state index contributed by atoms with van der Waals surface area (Å²) in [5.74, 6) is 0.721. The third kappa shape index (κ3) is 2.32. The number of hydrogen-bond donors (Lipinski definition) is 0. The highest BCUT2D eigenvalue weighted by atomic mass is 14.7. The van der Waals surface area contributed by atoms with Crippen molar-refractivity contribution in [3.05, 3.63) is 72.1 Å². The van der Waals surface area contributed by atoms with Crippen LogP contribution in [-0.2, 0) is 12.8 Å². The van der Waals surface area contributed by atoms with Crippen molar-refractivity contribution in [2.75, 3.05) is 0 Å². The molecule has 1 atom stereocenters. The van der Waals surface area contributed by atoms with Crippen molar-refractivity contribution in [1.29, 1.82) is 0 Å². The van der Waals surface area contributed by atoms with Crippen molar-refractivity contribution >= 4 is 21.7 Å². The number of fused-ring (bicyclic) bond motifs is 5. The van der Waals surface area contributed by atoms with Gasteiger partial charge in [0.1, 0.15) is 0 Å². The summed E-state index contributed by atoms with van der Waals surface area (Å²) < 4.78 is 0. The van der Waals surface area contributed by atoms with E-state index in [0.29, 0.717) is 0 Å². The highest BCUT2D eigenvalue weighted by Crippen LogP contribution is 2.39. The van der Waals surface area contributed by atoms with Crippen molar-refractivity contribution in [3.63, 3.8) is 0 Å². The lowest BCUT2D eigenvalue weighted by atomic mass is 9.80. The van der Waals surface area contributed by atoms with E-state index in [2.05, 4.69) is 54.4 Å². The molecule has 1 aliphatic carbocycles. The Labute approximate surface area is 147 Å². The highest BCUT2D eigenvalue weighted by molar-refractivity contribution is 6.09. The third-order valence-electron chi connectivity index (χ3n) is 5.47. The maximum atomic E-state index is 5.09. The Morgan fingerprint density at radius 3 is 2.76 bits per heavy atom. The van der Waals surface area contributed by atoms with Gasteiger partial charge in [0.25, 0.3) is 0 Å². The molecule has 5 rings (SSSR count). The maximum Gasteiger partial charge on any atom is 0.0759 e. The molecule has 25 heavy (non-hydrogen) atoms. The lowest BCUT2D eigenvalue weighted by molar-refractivity contribution is 0.503. The number of nitrogens with zero attached hydrogens (tertiary/aromatic N) is 2.